The molecule has 0 amide bonds. The Kier molecular flexibility index (Phi) is 4.51. The Balaban J connectivity index is 1.69. The predicted molar refractivity (Wildman–Crippen MR) is 103 cm³/mol. The Hall–Kier alpha value is -3.35. The van der Waals surface area contributed by atoms with Crippen LogP contribution in [-0.2, 0) is 6.54 Å². The maximum Gasteiger partial charge on any atom is 0.265 e. The number of anilines is 1. The zero-order chi connectivity index (χ0) is 17.8. The zero-order valence-corrected chi connectivity index (χ0v) is 14.5. The van der Waals surface area contributed by atoms with E-state index in [1.165, 1.54) is 0 Å². The van der Waals surface area contributed by atoms with Crippen molar-refractivity contribution in [3.63, 3.8) is 0 Å². The lowest BCUT2D eigenvalue weighted by molar-refractivity contribution is 0.660. The molecule has 0 bridgehead atoms. The first kappa shape index (κ1) is 16.1. The molecule has 7 nitrogen and oxygen atoms in total. The van der Waals surface area contributed by atoms with E-state index in [1.807, 2.05) is 24.3 Å². The molecule has 0 radical (unpaired) electrons. The first-order chi connectivity index (χ1) is 12.9. The fourth-order valence-corrected chi connectivity index (χ4v) is 2.91. The summed E-state index contributed by atoms with van der Waals surface area (Å²) in [5.74, 6) is 0.373. The third-order valence-electron chi connectivity index (χ3n) is 4.17. The number of aromatic nitrogens is 5. The number of nitrogens with zero attached hydrogens (tertiary/aromatic N) is 6. The maximum absolute atomic E-state index is 4.65. The molecule has 0 aliphatic heterocycles. The van der Waals surface area contributed by atoms with Crippen molar-refractivity contribution in [1.82, 2.24) is 24.7 Å². The minimum Gasteiger partial charge on any atom is -0.324 e. The number of hydrogen-bond acceptors (Lipinski definition) is 6. The molecule has 0 fully saturated rings. The third-order valence-corrected chi connectivity index (χ3v) is 4.17. The Labute approximate surface area is 150 Å². The van der Waals surface area contributed by atoms with Gasteiger partial charge in [-0.3, -0.25) is 4.98 Å². The molecule has 1 N–H and O–H groups in total. The van der Waals surface area contributed by atoms with Crippen molar-refractivity contribution in [3.05, 3.63) is 54.4 Å². The summed E-state index contributed by atoms with van der Waals surface area (Å²) in [5, 5.41) is 13.8. The molecule has 3 heterocycles. The number of aryl methyl sites for hydroxylation is 1. The molecule has 0 spiro atoms. The quantitative estimate of drug-likeness (QED) is 0.426. The molecule has 0 atom stereocenters. The first-order valence-corrected chi connectivity index (χ1v) is 8.67. The molecule has 1 aromatic carbocycles. The summed E-state index contributed by atoms with van der Waals surface area (Å²) in [4.78, 5) is 8.70. The fraction of sp³-hybridized carbons (Fsp3) is 0.211. The van der Waals surface area contributed by atoms with Crippen LogP contribution in [0.3, 0.4) is 0 Å². The summed E-state index contributed by atoms with van der Waals surface area (Å²) in [6, 6.07) is 12.0. The summed E-state index contributed by atoms with van der Waals surface area (Å²) in [6.45, 7) is 3.08. The highest BCUT2D eigenvalue weighted by molar-refractivity contribution is 6.04. The van der Waals surface area contributed by atoms with Gasteiger partial charge in [0.05, 0.1) is 11.7 Å². The summed E-state index contributed by atoms with van der Waals surface area (Å²) < 4.78 is 2.21. The van der Waals surface area contributed by atoms with E-state index in [1.54, 1.807) is 18.6 Å². The fourth-order valence-electron chi connectivity index (χ4n) is 2.91. The number of rotatable bonds is 6. The molecule has 0 aliphatic rings. The Bertz CT molecular complexity index is 1050. The third kappa shape index (κ3) is 3.11. The van der Waals surface area contributed by atoms with Crippen molar-refractivity contribution in [2.75, 3.05) is 5.43 Å². The van der Waals surface area contributed by atoms with E-state index in [0.29, 0.717) is 5.95 Å². The maximum atomic E-state index is 4.65. The van der Waals surface area contributed by atoms with Gasteiger partial charge in [0.25, 0.3) is 5.95 Å². The molecule has 4 aromatic rings. The Morgan fingerprint density at radius 3 is 2.92 bits per heavy atom. The van der Waals surface area contributed by atoms with Gasteiger partial charge in [-0.2, -0.15) is 10.1 Å². The van der Waals surface area contributed by atoms with Gasteiger partial charge in [0.2, 0.25) is 0 Å². The van der Waals surface area contributed by atoms with Crippen LogP contribution in [-0.4, -0.2) is 30.9 Å². The molecule has 4 rings (SSSR count). The standard InChI is InChI=1S/C19H19N7/c1-2-3-11-26-16-9-5-4-8-15(16)17-18(26)22-19(25-23-17)24-21-13-14-7-6-10-20-12-14/h4-10,12-13H,2-3,11H2,1H3,(H,22,24,25)/b21-13+. The van der Waals surface area contributed by atoms with Gasteiger partial charge < -0.3 is 4.57 Å². The van der Waals surface area contributed by atoms with Crippen LogP contribution >= 0.6 is 0 Å². The van der Waals surface area contributed by atoms with Crippen LogP contribution in [0.25, 0.3) is 22.1 Å². The lowest BCUT2D eigenvalue weighted by Crippen LogP contribution is -2.03. The molecule has 0 unspecified atom stereocenters. The molecule has 3 aromatic heterocycles. The van der Waals surface area contributed by atoms with Gasteiger partial charge in [-0.1, -0.05) is 37.6 Å². The number of unbranched alkanes of at least 4 members (excludes halogenated alkanes) is 1. The second-order valence-corrected chi connectivity index (χ2v) is 5.99. The van der Waals surface area contributed by atoms with E-state index in [4.69, 9.17) is 0 Å². The van der Waals surface area contributed by atoms with Gasteiger partial charge >= 0.3 is 0 Å². The number of fused-ring (bicyclic) bond motifs is 3. The molecule has 0 saturated heterocycles. The summed E-state index contributed by atoms with van der Waals surface area (Å²) in [5.41, 5.74) is 6.53. The number of hydrazone groups is 1. The van der Waals surface area contributed by atoms with E-state index in [-0.39, 0.29) is 0 Å². The molecular weight excluding hydrogens is 326 g/mol. The average molecular weight is 345 g/mol. The van der Waals surface area contributed by atoms with Gasteiger partial charge in [-0.25, -0.2) is 5.43 Å². The SMILES string of the molecule is CCCCn1c2ccccc2c2nnc(N/N=C/c3cccnc3)nc21. The Morgan fingerprint density at radius 2 is 2.08 bits per heavy atom. The average Bonchev–Trinajstić information content (AvgIpc) is 3.00. The normalized spacial score (nSPS) is 11.6. The van der Waals surface area contributed by atoms with Crippen LogP contribution in [0.2, 0.25) is 0 Å². The van der Waals surface area contributed by atoms with E-state index in [9.17, 15) is 0 Å². The van der Waals surface area contributed by atoms with Gasteiger partial charge in [-0.15, -0.1) is 10.2 Å². The number of nitrogens with one attached hydrogen (secondary N) is 1. The highest BCUT2D eigenvalue weighted by Crippen LogP contribution is 2.26. The van der Waals surface area contributed by atoms with Crippen LogP contribution in [0, 0.1) is 0 Å². The van der Waals surface area contributed by atoms with Crippen molar-refractivity contribution in [3.8, 4) is 0 Å². The molecule has 26 heavy (non-hydrogen) atoms. The van der Waals surface area contributed by atoms with Gasteiger partial charge in [0.15, 0.2) is 5.65 Å². The number of benzene rings is 1. The predicted octanol–water partition coefficient (Wildman–Crippen LogP) is 3.62. The van der Waals surface area contributed by atoms with Crippen molar-refractivity contribution in [2.45, 2.75) is 26.3 Å². The zero-order valence-electron chi connectivity index (χ0n) is 14.5. The van der Waals surface area contributed by atoms with E-state index >= 15 is 0 Å². The van der Waals surface area contributed by atoms with Crippen molar-refractivity contribution in [2.24, 2.45) is 5.10 Å². The number of hydrogen-bond donors (Lipinski definition) is 1. The van der Waals surface area contributed by atoms with Crippen LogP contribution in [0.15, 0.2) is 53.9 Å². The van der Waals surface area contributed by atoms with Gasteiger partial charge in [0.1, 0.15) is 5.52 Å². The molecule has 7 heteroatoms. The summed E-state index contributed by atoms with van der Waals surface area (Å²) >= 11 is 0. The topological polar surface area (TPSA) is 80.9 Å². The second kappa shape index (κ2) is 7.26. The lowest BCUT2D eigenvalue weighted by Gasteiger charge is -2.05. The molecule has 0 aliphatic carbocycles. The number of para-hydroxylation sites is 1. The molecular formula is C19H19N7. The molecule has 130 valence electrons. The van der Waals surface area contributed by atoms with Crippen molar-refractivity contribution < 1.29 is 0 Å². The summed E-state index contributed by atoms with van der Waals surface area (Å²) in [6.07, 6.45) is 7.33. The first-order valence-electron chi connectivity index (χ1n) is 8.67. The van der Waals surface area contributed by atoms with Crippen molar-refractivity contribution in [1.29, 1.82) is 0 Å². The molecule has 0 saturated carbocycles. The largest absolute Gasteiger partial charge is 0.324 e. The van der Waals surface area contributed by atoms with Crippen molar-refractivity contribution >= 4 is 34.2 Å². The second-order valence-electron chi connectivity index (χ2n) is 5.99. The minimum absolute atomic E-state index is 0.373. The van der Waals surface area contributed by atoms with E-state index in [0.717, 1.165) is 47.0 Å². The highest BCUT2D eigenvalue weighted by atomic mass is 15.4. The van der Waals surface area contributed by atoms with Crippen LogP contribution in [0.1, 0.15) is 25.3 Å². The van der Waals surface area contributed by atoms with E-state index in [2.05, 4.69) is 54.3 Å². The monoisotopic (exact) mass is 345 g/mol. The van der Waals surface area contributed by atoms with Crippen LogP contribution in [0.5, 0.6) is 0 Å². The van der Waals surface area contributed by atoms with Crippen LogP contribution < -0.4 is 5.43 Å². The Morgan fingerprint density at radius 1 is 1.15 bits per heavy atom. The van der Waals surface area contributed by atoms with Gasteiger partial charge in [0, 0.05) is 29.9 Å². The minimum atomic E-state index is 0.373. The summed E-state index contributed by atoms with van der Waals surface area (Å²) in [7, 11) is 0. The van der Waals surface area contributed by atoms with Crippen LogP contribution in [0.4, 0.5) is 5.95 Å². The van der Waals surface area contributed by atoms with E-state index < -0.39 is 0 Å². The number of pyridine rings is 1. The lowest BCUT2D eigenvalue weighted by atomic mass is 10.2. The van der Waals surface area contributed by atoms with Gasteiger partial charge in [-0.05, 0) is 18.6 Å². The highest BCUT2D eigenvalue weighted by Gasteiger charge is 2.13. The smallest absolute Gasteiger partial charge is 0.265 e.